The van der Waals surface area contributed by atoms with Gasteiger partial charge in [0.25, 0.3) is 0 Å². The fraction of sp³-hybridized carbons (Fsp3) is 0.400. The van der Waals surface area contributed by atoms with Crippen LogP contribution in [0.25, 0.3) is 0 Å². The van der Waals surface area contributed by atoms with Crippen LogP contribution < -0.4 is 10.2 Å². The summed E-state index contributed by atoms with van der Waals surface area (Å²) < 4.78 is 14.6. The van der Waals surface area contributed by atoms with Gasteiger partial charge in [0.15, 0.2) is 0 Å². The number of para-hydroxylation sites is 1. The van der Waals surface area contributed by atoms with Crippen LogP contribution in [0.15, 0.2) is 48.5 Å². The van der Waals surface area contributed by atoms with Gasteiger partial charge in [-0.25, -0.2) is 4.39 Å². The van der Waals surface area contributed by atoms with Gasteiger partial charge >= 0.3 is 0 Å². The van der Waals surface area contributed by atoms with E-state index in [1.54, 1.807) is 6.07 Å². The molecule has 1 atom stereocenters. The fourth-order valence-electron chi connectivity index (χ4n) is 3.67. The molecule has 0 fully saturated rings. The van der Waals surface area contributed by atoms with Gasteiger partial charge in [-0.1, -0.05) is 56.3 Å². The zero-order valence-corrected chi connectivity index (χ0v) is 14.1. The number of nitrogens with one attached hydrogen (secondary N) is 1. The van der Waals surface area contributed by atoms with E-state index >= 15 is 0 Å². The Morgan fingerprint density at radius 1 is 1.13 bits per heavy atom. The minimum absolute atomic E-state index is 0.0376. The van der Waals surface area contributed by atoms with E-state index in [-0.39, 0.29) is 17.3 Å². The largest absolute Gasteiger partial charge is 0.361 e. The summed E-state index contributed by atoms with van der Waals surface area (Å²) in [5.74, 6) is -0.113. The van der Waals surface area contributed by atoms with Crippen molar-refractivity contribution in [1.29, 1.82) is 0 Å². The summed E-state index contributed by atoms with van der Waals surface area (Å²) in [5.41, 5.74) is 3.10. The highest BCUT2D eigenvalue weighted by molar-refractivity contribution is 5.64. The highest BCUT2D eigenvalue weighted by atomic mass is 19.1. The second-order valence-corrected chi connectivity index (χ2v) is 6.97. The molecule has 1 unspecified atom stereocenters. The standard InChI is InChI=1S/C20H25FN2/c1-20(2)14-23(19-16(20)10-7-11-17(19)21)18(12-13-22-3)15-8-5-4-6-9-15/h4-11,18,22H,12-14H2,1-3H3. The van der Waals surface area contributed by atoms with Gasteiger partial charge in [0.2, 0.25) is 0 Å². The van der Waals surface area contributed by atoms with E-state index in [1.807, 2.05) is 19.2 Å². The smallest absolute Gasteiger partial charge is 0.146 e. The molecule has 0 saturated heterocycles. The number of hydrogen-bond donors (Lipinski definition) is 1. The Kier molecular flexibility index (Phi) is 4.40. The molecule has 0 saturated carbocycles. The van der Waals surface area contributed by atoms with Crippen LogP contribution in [-0.2, 0) is 5.41 Å². The maximum Gasteiger partial charge on any atom is 0.146 e. The van der Waals surface area contributed by atoms with Gasteiger partial charge in [0.05, 0.1) is 11.7 Å². The first-order chi connectivity index (χ1) is 11.0. The molecule has 0 spiro atoms. The van der Waals surface area contributed by atoms with E-state index < -0.39 is 0 Å². The van der Waals surface area contributed by atoms with Crippen LogP contribution in [0.5, 0.6) is 0 Å². The third-order valence-corrected chi connectivity index (χ3v) is 4.80. The average molecular weight is 312 g/mol. The number of halogens is 1. The fourth-order valence-corrected chi connectivity index (χ4v) is 3.67. The van der Waals surface area contributed by atoms with Crippen LogP contribution in [0.1, 0.15) is 37.4 Å². The van der Waals surface area contributed by atoms with Gasteiger partial charge in [-0.3, -0.25) is 0 Å². The number of anilines is 1. The quantitative estimate of drug-likeness (QED) is 0.887. The van der Waals surface area contributed by atoms with Crippen LogP contribution in [0, 0.1) is 5.82 Å². The summed E-state index contributed by atoms with van der Waals surface area (Å²) in [4.78, 5) is 2.26. The molecule has 0 amide bonds. The summed E-state index contributed by atoms with van der Waals surface area (Å²) in [6.07, 6.45) is 0.949. The molecule has 0 radical (unpaired) electrons. The van der Waals surface area contributed by atoms with Gasteiger partial charge in [-0.05, 0) is 37.2 Å². The van der Waals surface area contributed by atoms with Crippen LogP contribution in [0.4, 0.5) is 10.1 Å². The van der Waals surface area contributed by atoms with Crippen molar-refractivity contribution in [2.45, 2.75) is 31.7 Å². The van der Waals surface area contributed by atoms with Gasteiger partial charge in [-0.2, -0.15) is 0 Å². The average Bonchev–Trinajstić information content (AvgIpc) is 2.82. The molecule has 1 aliphatic heterocycles. The van der Waals surface area contributed by atoms with E-state index in [0.29, 0.717) is 0 Å². The Morgan fingerprint density at radius 3 is 2.57 bits per heavy atom. The minimum Gasteiger partial charge on any atom is -0.361 e. The first kappa shape index (κ1) is 16.0. The van der Waals surface area contributed by atoms with Gasteiger partial charge in [0.1, 0.15) is 5.82 Å². The summed E-state index contributed by atoms with van der Waals surface area (Å²) in [6, 6.07) is 16.1. The lowest BCUT2D eigenvalue weighted by atomic mass is 9.87. The predicted octanol–water partition coefficient (Wildman–Crippen LogP) is 4.27. The summed E-state index contributed by atoms with van der Waals surface area (Å²) in [6.45, 7) is 6.14. The molecule has 0 aromatic heterocycles. The number of rotatable bonds is 5. The molecule has 2 aromatic carbocycles. The third-order valence-electron chi connectivity index (χ3n) is 4.80. The molecule has 122 valence electrons. The predicted molar refractivity (Wildman–Crippen MR) is 94.5 cm³/mol. The maximum absolute atomic E-state index is 14.6. The van der Waals surface area contributed by atoms with E-state index in [2.05, 4.69) is 54.4 Å². The van der Waals surface area contributed by atoms with E-state index in [0.717, 1.165) is 30.8 Å². The first-order valence-corrected chi connectivity index (χ1v) is 8.30. The molecule has 1 N–H and O–H groups in total. The second kappa shape index (κ2) is 6.32. The molecule has 0 aliphatic carbocycles. The zero-order valence-electron chi connectivity index (χ0n) is 14.1. The Balaban J connectivity index is 2.05. The van der Waals surface area contributed by atoms with Crippen molar-refractivity contribution in [2.75, 3.05) is 25.0 Å². The molecule has 3 heteroatoms. The molecule has 0 bridgehead atoms. The monoisotopic (exact) mass is 312 g/mol. The third kappa shape index (κ3) is 2.98. The van der Waals surface area contributed by atoms with Crippen molar-refractivity contribution < 1.29 is 4.39 Å². The first-order valence-electron chi connectivity index (χ1n) is 8.30. The van der Waals surface area contributed by atoms with Crippen molar-refractivity contribution >= 4 is 5.69 Å². The number of fused-ring (bicyclic) bond motifs is 1. The summed E-state index contributed by atoms with van der Waals surface area (Å²) in [7, 11) is 1.96. The van der Waals surface area contributed by atoms with Crippen LogP contribution in [0.3, 0.4) is 0 Å². The van der Waals surface area contributed by atoms with Crippen LogP contribution >= 0.6 is 0 Å². The maximum atomic E-state index is 14.6. The lowest BCUT2D eigenvalue weighted by Crippen LogP contribution is -2.34. The normalized spacial score (nSPS) is 17.1. The zero-order chi connectivity index (χ0) is 16.4. The minimum atomic E-state index is -0.113. The number of benzene rings is 2. The van der Waals surface area contributed by atoms with Gasteiger partial charge in [-0.15, -0.1) is 0 Å². The highest BCUT2D eigenvalue weighted by Gasteiger charge is 2.40. The van der Waals surface area contributed by atoms with Crippen molar-refractivity contribution in [3.8, 4) is 0 Å². The second-order valence-electron chi connectivity index (χ2n) is 6.97. The topological polar surface area (TPSA) is 15.3 Å². The summed E-state index contributed by atoms with van der Waals surface area (Å²) >= 11 is 0. The Hall–Kier alpha value is -1.87. The van der Waals surface area contributed by atoms with Crippen molar-refractivity contribution in [2.24, 2.45) is 0 Å². The summed E-state index contributed by atoms with van der Waals surface area (Å²) in [5, 5.41) is 3.23. The molecule has 23 heavy (non-hydrogen) atoms. The SMILES string of the molecule is CNCCC(c1ccccc1)N1CC(C)(C)c2cccc(F)c21. The molecule has 2 aromatic rings. The van der Waals surface area contributed by atoms with Crippen molar-refractivity contribution in [3.05, 3.63) is 65.5 Å². The Labute approximate surface area is 138 Å². The highest BCUT2D eigenvalue weighted by Crippen LogP contribution is 2.46. The van der Waals surface area contributed by atoms with Crippen molar-refractivity contribution in [3.63, 3.8) is 0 Å². The van der Waals surface area contributed by atoms with E-state index in [9.17, 15) is 4.39 Å². The van der Waals surface area contributed by atoms with E-state index in [1.165, 1.54) is 5.56 Å². The molecule has 1 aliphatic rings. The molecular formula is C20H25FN2. The van der Waals surface area contributed by atoms with Gasteiger partial charge in [0, 0.05) is 12.0 Å². The lowest BCUT2D eigenvalue weighted by molar-refractivity contribution is 0.494. The molecule has 3 rings (SSSR count). The van der Waals surface area contributed by atoms with Crippen LogP contribution in [-0.4, -0.2) is 20.1 Å². The molecular weight excluding hydrogens is 287 g/mol. The Morgan fingerprint density at radius 2 is 1.87 bits per heavy atom. The van der Waals surface area contributed by atoms with Gasteiger partial charge < -0.3 is 10.2 Å². The van der Waals surface area contributed by atoms with Crippen molar-refractivity contribution in [1.82, 2.24) is 5.32 Å². The molecule has 1 heterocycles. The Bertz CT molecular complexity index is 667. The van der Waals surface area contributed by atoms with Crippen LogP contribution in [0.2, 0.25) is 0 Å². The lowest BCUT2D eigenvalue weighted by Gasteiger charge is -2.32. The number of hydrogen-bond acceptors (Lipinski definition) is 2. The van der Waals surface area contributed by atoms with E-state index in [4.69, 9.17) is 0 Å². The molecule has 2 nitrogen and oxygen atoms in total. The number of nitrogens with zero attached hydrogens (tertiary/aromatic N) is 1.